The molecule has 1 aromatic rings. The van der Waals surface area contributed by atoms with Gasteiger partial charge in [0.25, 0.3) is 10.1 Å². The van der Waals surface area contributed by atoms with E-state index in [2.05, 4.69) is 0 Å². The maximum atomic E-state index is 10.5. The second-order valence-electron chi connectivity index (χ2n) is 2.04. The third-order valence-electron chi connectivity index (χ3n) is 1.18. The average molecular weight is 197 g/mol. The second-order valence-corrected chi connectivity index (χ2v) is 3.47. The summed E-state index contributed by atoms with van der Waals surface area (Å²) in [5.74, 6) is 0. The van der Waals surface area contributed by atoms with Crippen molar-refractivity contribution in [2.75, 3.05) is 5.73 Å². The number of anilines is 1. The van der Waals surface area contributed by atoms with Crippen molar-refractivity contribution in [3.8, 4) is 0 Å². The molecule has 0 aromatic heterocycles. The van der Waals surface area contributed by atoms with Crippen LogP contribution in [-0.2, 0) is 10.1 Å². The fourth-order valence-electron chi connectivity index (χ4n) is 0.640. The summed E-state index contributed by atoms with van der Waals surface area (Å²) in [5.41, 5.74) is 5.75. The number of nitrogens with two attached hydrogens (primary N) is 1. The van der Waals surface area contributed by atoms with Gasteiger partial charge in [-0.25, -0.2) is 0 Å². The van der Waals surface area contributed by atoms with Gasteiger partial charge in [-0.05, 0) is 24.3 Å². The van der Waals surface area contributed by atoms with Crippen LogP contribution in [-0.4, -0.2) is 36.0 Å². The standard InChI is InChI=1S/C6H7NO3S.Mg/c7-5-1-3-6(4-2-5)11(8,9)10;/h1-4H,7H2,(H,8,9,10);. The van der Waals surface area contributed by atoms with Gasteiger partial charge in [-0.2, -0.15) is 8.42 Å². The molecule has 2 radical (unpaired) electrons. The number of rotatable bonds is 1. The Labute approximate surface area is 86.7 Å². The van der Waals surface area contributed by atoms with E-state index in [0.29, 0.717) is 5.69 Å². The first-order chi connectivity index (χ1) is 5.00. The molecule has 4 nitrogen and oxygen atoms in total. The third-order valence-corrected chi connectivity index (χ3v) is 2.05. The molecule has 0 saturated heterocycles. The first-order valence-corrected chi connectivity index (χ1v) is 4.27. The Kier molecular flexibility index (Phi) is 3.98. The van der Waals surface area contributed by atoms with Crippen molar-refractivity contribution in [2.24, 2.45) is 0 Å². The molecule has 0 spiro atoms. The van der Waals surface area contributed by atoms with Gasteiger partial charge in [0.2, 0.25) is 0 Å². The molecule has 6 heteroatoms. The zero-order valence-electron chi connectivity index (χ0n) is 6.27. The summed E-state index contributed by atoms with van der Waals surface area (Å²) in [7, 11) is -4.08. The van der Waals surface area contributed by atoms with Gasteiger partial charge in [-0.1, -0.05) is 0 Å². The lowest BCUT2D eigenvalue weighted by molar-refractivity contribution is 0.483. The van der Waals surface area contributed by atoms with E-state index in [-0.39, 0.29) is 27.9 Å². The lowest BCUT2D eigenvalue weighted by Gasteiger charge is -1.95. The molecule has 0 aliphatic carbocycles. The Bertz CT molecular complexity index is 346. The van der Waals surface area contributed by atoms with Gasteiger partial charge < -0.3 is 5.73 Å². The monoisotopic (exact) mass is 197 g/mol. The van der Waals surface area contributed by atoms with Gasteiger partial charge in [0.05, 0.1) is 4.90 Å². The lowest BCUT2D eigenvalue weighted by atomic mass is 10.3. The summed E-state index contributed by atoms with van der Waals surface area (Å²) >= 11 is 0. The van der Waals surface area contributed by atoms with Gasteiger partial charge in [0, 0.05) is 28.7 Å². The summed E-state index contributed by atoms with van der Waals surface area (Å²) < 4.78 is 29.4. The minimum absolute atomic E-state index is 0. The van der Waals surface area contributed by atoms with E-state index in [0.717, 1.165) is 0 Å². The zero-order chi connectivity index (χ0) is 8.48. The van der Waals surface area contributed by atoms with Crippen molar-refractivity contribution in [2.45, 2.75) is 4.90 Å². The first-order valence-electron chi connectivity index (χ1n) is 2.83. The molecule has 0 aliphatic rings. The van der Waals surface area contributed by atoms with Crippen LogP contribution < -0.4 is 5.73 Å². The molecule has 0 heterocycles. The second kappa shape index (κ2) is 4.08. The van der Waals surface area contributed by atoms with Crippen LogP contribution >= 0.6 is 0 Å². The molecule has 12 heavy (non-hydrogen) atoms. The number of hydrogen-bond acceptors (Lipinski definition) is 3. The summed E-state index contributed by atoms with van der Waals surface area (Å²) in [6, 6.07) is 5.29. The van der Waals surface area contributed by atoms with Crippen LogP contribution in [0, 0.1) is 0 Å². The van der Waals surface area contributed by atoms with Gasteiger partial charge >= 0.3 is 0 Å². The fourth-order valence-corrected chi connectivity index (χ4v) is 1.12. The molecule has 62 valence electrons. The maximum absolute atomic E-state index is 10.5. The molecule has 0 aliphatic heterocycles. The highest BCUT2D eigenvalue weighted by Crippen LogP contribution is 2.10. The van der Waals surface area contributed by atoms with E-state index in [1.54, 1.807) is 0 Å². The van der Waals surface area contributed by atoms with Crippen molar-refractivity contribution in [3.05, 3.63) is 24.3 Å². The van der Waals surface area contributed by atoms with Crippen LogP contribution in [0.25, 0.3) is 0 Å². The molecule has 3 N–H and O–H groups in total. The van der Waals surface area contributed by atoms with E-state index in [4.69, 9.17) is 10.3 Å². The lowest BCUT2D eigenvalue weighted by Crippen LogP contribution is -1.97. The Morgan fingerprint density at radius 2 is 1.58 bits per heavy atom. The first kappa shape index (κ1) is 11.7. The highest BCUT2D eigenvalue weighted by atomic mass is 32.2. The van der Waals surface area contributed by atoms with E-state index >= 15 is 0 Å². The van der Waals surface area contributed by atoms with Gasteiger partial charge in [0.1, 0.15) is 0 Å². The highest BCUT2D eigenvalue weighted by molar-refractivity contribution is 7.85. The minimum atomic E-state index is -4.08. The predicted octanol–water partition coefficient (Wildman–Crippen LogP) is 0.135. The largest absolute Gasteiger partial charge is 0.399 e. The minimum Gasteiger partial charge on any atom is -0.399 e. The summed E-state index contributed by atoms with van der Waals surface area (Å²) in [6.07, 6.45) is 0. The number of benzene rings is 1. The van der Waals surface area contributed by atoms with Crippen LogP contribution in [0.5, 0.6) is 0 Å². The molecule has 1 rings (SSSR count). The van der Waals surface area contributed by atoms with Crippen molar-refractivity contribution in [1.82, 2.24) is 0 Å². The van der Waals surface area contributed by atoms with Crippen LogP contribution in [0.1, 0.15) is 0 Å². The van der Waals surface area contributed by atoms with Crippen LogP contribution in [0.15, 0.2) is 29.2 Å². The molecule has 0 unspecified atom stereocenters. The normalized spacial score (nSPS) is 10.4. The molecule has 0 bridgehead atoms. The summed E-state index contributed by atoms with van der Waals surface area (Å²) in [4.78, 5) is -0.147. The molecular formula is C6H7MgNO3S. The maximum Gasteiger partial charge on any atom is 0.294 e. The van der Waals surface area contributed by atoms with Gasteiger partial charge in [0.15, 0.2) is 0 Å². The topological polar surface area (TPSA) is 80.4 Å². The fraction of sp³-hybridized carbons (Fsp3) is 0. The molecule has 0 saturated carbocycles. The van der Waals surface area contributed by atoms with Crippen molar-refractivity contribution >= 4 is 38.9 Å². The smallest absolute Gasteiger partial charge is 0.294 e. The average Bonchev–Trinajstić information content (AvgIpc) is 1.86. The SMILES string of the molecule is Nc1ccc(S(=O)(=O)O)cc1.[Mg]. The van der Waals surface area contributed by atoms with Crippen molar-refractivity contribution in [1.29, 1.82) is 0 Å². The third kappa shape index (κ3) is 2.98. The highest BCUT2D eigenvalue weighted by Gasteiger charge is 2.06. The van der Waals surface area contributed by atoms with E-state index in [1.165, 1.54) is 24.3 Å². The number of hydrogen-bond donors (Lipinski definition) is 2. The van der Waals surface area contributed by atoms with E-state index < -0.39 is 10.1 Å². The zero-order valence-corrected chi connectivity index (χ0v) is 8.50. The molecule has 0 atom stereocenters. The Hall–Kier alpha value is -0.304. The van der Waals surface area contributed by atoms with E-state index in [1.807, 2.05) is 0 Å². The summed E-state index contributed by atoms with van der Waals surface area (Å²) in [5, 5.41) is 0. The van der Waals surface area contributed by atoms with Gasteiger partial charge in [-0.3, -0.25) is 4.55 Å². The predicted molar refractivity (Wildman–Crippen MR) is 46.4 cm³/mol. The Balaban J connectivity index is 0.00000121. The van der Waals surface area contributed by atoms with Gasteiger partial charge in [-0.15, -0.1) is 0 Å². The Morgan fingerprint density at radius 3 is 1.92 bits per heavy atom. The number of nitrogen functional groups attached to an aromatic ring is 1. The Morgan fingerprint density at radius 1 is 1.17 bits per heavy atom. The molecule has 0 fully saturated rings. The van der Waals surface area contributed by atoms with Crippen LogP contribution in [0.4, 0.5) is 5.69 Å². The quantitative estimate of drug-likeness (QED) is 0.381. The molecule has 0 amide bonds. The van der Waals surface area contributed by atoms with Crippen LogP contribution in [0.3, 0.4) is 0 Å². The molecule has 1 aromatic carbocycles. The van der Waals surface area contributed by atoms with Crippen LogP contribution in [0.2, 0.25) is 0 Å². The van der Waals surface area contributed by atoms with Crippen molar-refractivity contribution in [3.63, 3.8) is 0 Å². The van der Waals surface area contributed by atoms with E-state index in [9.17, 15) is 8.42 Å². The van der Waals surface area contributed by atoms with Crippen molar-refractivity contribution < 1.29 is 13.0 Å². The molecular weight excluding hydrogens is 190 g/mol. The summed E-state index contributed by atoms with van der Waals surface area (Å²) in [6.45, 7) is 0.